The molecule has 6 heteroatoms. The van der Waals surface area contributed by atoms with Gasteiger partial charge in [-0.25, -0.2) is 4.90 Å². The Labute approximate surface area is 179 Å². The van der Waals surface area contributed by atoms with Gasteiger partial charge in [-0.05, 0) is 37.3 Å². The van der Waals surface area contributed by atoms with Crippen molar-refractivity contribution in [2.45, 2.75) is 19.8 Å². The number of carbonyl (C=O) groups is 4. The molecule has 4 rings (SSSR count). The number of carbonyl (C=O) groups excluding carboxylic acids is 4. The van der Waals surface area contributed by atoms with Gasteiger partial charge in [0.1, 0.15) is 0 Å². The molecule has 3 aromatic rings. The van der Waals surface area contributed by atoms with Gasteiger partial charge in [0, 0.05) is 24.1 Å². The molecule has 0 aliphatic carbocycles. The maximum Gasteiger partial charge on any atom is 0.266 e. The lowest BCUT2D eigenvalue weighted by Crippen LogP contribution is -2.29. The second-order valence-electron chi connectivity index (χ2n) is 7.38. The van der Waals surface area contributed by atoms with E-state index in [0.717, 1.165) is 10.5 Å². The van der Waals surface area contributed by atoms with Crippen molar-refractivity contribution >= 4 is 34.9 Å². The molecule has 1 aliphatic rings. The Morgan fingerprint density at radius 3 is 2.10 bits per heavy atom. The quantitative estimate of drug-likeness (QED) is 0.481. The van der Waals surface area contributed by atoms with Crippen LogP contribution in [0.2, 0.25) is 0 Å². The molecule has 0 saturated carbocycles. The predicted octanol–water partition coefficient (Wildman–Crippen LogP) is 4.40. The van der Waals surface area contributed by atoms with E-state index in [1.54, 1.807) is 60.7 Å². The molecular formula is C25H20N2O4. The van der Waals surface area contributed by atoms with Gasteiger partial charge in [-0.15, -0.1) is 0 Å². The number of rotatable bonds is 6. The van der Waals surface area contributed by atoms with E-state index in [-0.39, 0.29) is 24.5 Å². The molecule has 3 amide bonds. The number of hydrogen-bond donors (Lipinski definition) is 1. The lowest BCUT2D eigenvalue weighted by Gasteiger charge is -2.15. The first-order chi connectivity index (χ1) is 14.9. The summed E-state index contributed by atoms with van der Waals surface area (Å²) in [5, 5.41) is 2.73. The van der Waals surface area contributed by atoms with Crippen molar-refractivity contribution in [1.82, 2.24) is 0 Å². The highest BCUT2D eigenvalue weighted by Gasteiger charge is 2.36. The zero-order chi connectivity index (χ0) is 22.0. The Bertz CT molecular complexity index is 1160. The number of fused-ring (bicyclic) bond motifs is 1. The van der Waals surface area contributed by atoms with Gasteiger partial charge >= 0.3 is 0 Å². The van der Waals surface area contributed by atoms with Crippen LogP contribution in [0.5, 0.6) is 0 Å². The summed E-state index contributed by atoms with van der Waals surface area (Å²) in [5.41, 5.74) is 3.17. The molecule has 31 heavy (non-hydrogen) atoms. The maximum atomic E-state index is 12.7. The van der Waals surface area contributed by atoms with E-state index in [0.29, 0.717) is 28.1 Å². The lowest BCUT2D eigenvalue weighted by molar-refractivity contribution is -0.116. The number of nitrogens with one attached hydrogen (secondary N) is 1. The van der Waals surface area contributed by atoms with Gasteiger partial charge in [-0.1, -0.05) is 48.0 Å². The van der Waals surface area contributed by atoms with Gasteiger partial charge in [0.05, 0.1) is 16.8 Å². The highest BCUT2D eigenvalue weighted by atomic mass is 16.2. The number of imide groups is 1. The highest BCUT2D eigenvalue weighted by Crippen LogP contribution is 2.29. The molecule has 1 heterocycles. The summed E-state index contributed by atoms with van der Waals surface area (Å²) in [6.45, 7) is 1.94. The summed E-state index contributed by atoms with van der Waals surface area (Å²) >= 11 is 0. The first-order valence-corrected chi connectivity index (χ1v) is 9.91. The average Bonchev–Trinajstić information content (AvgIpc) is 3.03. The molecule has 0 fully saturated rings. The molecule has 0 spiro atoms. The Hall–Kier alpha value is -4.06. The molecule has 0 radical (unpaired) electrons. The minimum absolute atomic E-state index is 0.0317. The van der Waals surface area contributed by atoms with Crippen molar-refractivity contribution in [1.29, 1.82) is 0 Å². The Morgan fingerprint density at radius 2 is 1.45 bits per heavy atom. The van der Waals surface area contributed by atoms with Crippen LogP contribution in [-0.2, 0) is 4.79 Å². The predicted molar refractivity (Wildman–Crippen MR) is 117 cm³/mol. The van der Waals surface area contributed by atoms with Crippen LogP contribution in [0.1, 0.15) is 49.5 Å². The number of nitrogens with zero attached hydrogens (tertiary/aromatic N) is 1. The third-order valence-electron chi connectivity index (χ3n) is 5.13. The Kier molecular flexibility index (Phi) is 5.45. The van der Waals surface area contributed by atoms with Crippen molar-refractivity contribution in [2.24, 2.45) is 0 Å². The number of aryl methyl sites for hydroxylation is 1. The SMILES string of the molecule is Cc1ccc(C(=O)CCC(=O)Nc2cccc(N3C(=O)c4ccccc4C3=O)c2)cc1. The van der Waals surface area contributed by atoms with Crippen molar-refractivity contribution in [2.75, 3.05) is 10.2 Å². The van der Waals surface area contributed by atoms with E-state index in [1.807, 2.05) is 19.1 Å². The molecule has 0 bridgehead atoms. The lowest BCUT2D eigenvalue weighted by atomic mass is 10.0. The summed E-state index contributed by atoms with van der Waals surface area (Å²) < 4.78 is 0. The van der Waals surface area contributed by atoms with Crippen LogP contribution < -0.4 is 10.2 Å². The molecule has 3 aromatic carbocycles. The number of Topliss-reactive ketones (excluding diaryl/α,β-unsaturated/α-hetero) is 1. The largest absolute Gasteiger partial charge is 0.326 e. The van der Waals surface area contributed by atoms with Gasteiger partial charge in [0.25, 0.3) is 11.8 Å². The van der Waals surface area contributed by atoms with E-state index in [4.69, 9.17) is 0 Å². The van der Waals surface area contributed by atoms with Crippen LogP contribution in [0.3, 0.4) is 0 Å². The number of anilines is 2. The molecule has 6 nitrogen and oxygen atoms in total. The van der Waals surface area contributed by atoms with E-state index in [2.05, 4.69) is 5.32 Å². The van der Waals surface area contributed by atoms with Crippen molar-refractivity contribution in [3.63, 3.8) is 0 Å². The number of benzene rings is 3. The molecule has 0 atom stereocenters. The first-order valence-electron chi connectivity index (χ1n) is 9.91. The molecule has 1 aliphatic heterocycles. The van der Waals surface area contributed by atoms with Crippen molar-refractivity contribution < 1.29 is 19.2 Å². The van der Waals surface area contributed by atoms with Crippen LogP contribution in [0, 0.1) is 6.92 Å². The minimum Gasteiger partial charge on any atom is -0.326 e. The van der Waals surface area contributed by atoms with Crippen LogP contribution in [-0.4, -0.2) is 23.5 Å². The van der Waals surface area contributed by atoms with E-state index in [9.17, 15) is 19.2 Å². The van der Waals surface area contributed by atoms with Crippen LogP contribution in [0.25, 0.3) is 0 Å². The maximum absolute atomic E-state index is 12.7. The topological polar surface area (TPSA) is 83.6 Å². The Balaban J connectivity index is 1.41. The molecule has 0 unspecified atom stereocenters. The van der Waals surface area contributed by atoms with E-state index in [1.165, 1.54) is 0 Å². The molecule has 0 aromatic heterocycles. The van der Waals surface area contributed by atoms with Crippen molar-refractivity contribution in [3.8, 4) is 0 Å². The molecular weight excluding hydrogens is 392 g/mol. The monoisotopic (exact) mass is 412 g/mol. The molecule has 0 saturated heterocycles. The van der Waals surface area contributed by atoms with E-state index < -0.39 is 11.8 Å². The fourth-order valence-electron chi connectivity index (χ4n) is 3.48. The van der Waals surface area contributed by atoms with Gasteiger partial charge in [-0.3, -0.25) is 19.2 Å². The van der Waals surface area contributed by atoms with Gasteiger partial charge in [0.15, 0.2) is 5.78 Å². The summed E-state index contributed by atoms with van der Waals surface area (Å²) in [4.78, 5) is 51.0. The normalized spacial score (nSPS) is 12.6. The molecule has 1 N–H and O–H groups in total. The molecule has 154 valence electrons. The van der Waals surface area contributed by atoms with Gasteiger partial charge < -0.3 is 5.32 Å². The van der Waals surface area contributed by atoms with Crippen molar-refractivity contribution in [3.05, 3.63) is 95.1 Å². The second kappa shape index (κ2) is 8.36. The second-order valence-corrected chi connectivity index (χ2v) is 7.38. The number of ketones is 1. The highest BCUT2D eigenvalue weighted by molar-refractivity contribution is 6.34. The average molecular weight is 412 g/mol. The van der Waals surface area contributed by atoms with Crippen LogP contribution in [0.15, 0.2) is 72.8 Å². The summed E-state index contributed by atoms with van der Waals surface area (Å²) in [6.07, 6.45) is 0.122. The van der Waals surface area contributed by atoms with Crippen LogP contribution in [0.4, 0.5) is 11.4 Å². The number of hydrogen-bond acceptors (Lipinski definition) is 4. The third-order valence-corrected chi connectivity index (χ3v) is 5.13. The third kappa shape index (κ3) is 4.14. The van der Waals surface area contributed by atoms with Gasteiger partial charge in [-0.2, -0.15) is 0 Å². The minimum atomic E-state index is -0.396. The standard InChI is InChI=1S/C25H20N2O4/c1-16-9-11-17(12-10-16)22(28)13-14-23(29)26-18-5-4-6-19(15-18)27-24(30)20-7-2-3-8-21(20)25(27)31/h2-12,15H,13-14H2,1H3,(H,26,29). The summed E-state index contributed by atoms with van der Waals surface area (Å²) in [7, 11) is 0. The smallest absolute Gasteiger partial charge is 0.266 e. The summed E-state index contributed by atoms with van der Waals surface area (Å²) in [5.74, 6) is -1.21. The Morgan fingerprint density at radius 1 is 0.806 bits per heavy atom. The zero-order valence-electron chi connectivity index (χ0n) is 16.9. The fourth-order valence-corrected chi connectivity index (χ4v) is 3.48. The fraction of sp³-hybridized carbons (Fsp3) is 0.120. The summed E-state index contributed by atoms with van der Waals surface area (Å²) in [6, 6.07) is 20.4. The van der Waals surface area contributed by atoms with Crippen LogP contribution >= 0.6 is 0 Å². The van der Waals surface area contributed by atoms with Gasteiger partial charge in [0.2, 0.25) is 5.91 Å². The zero-order valence-corrected chi connectivity index (χ0v) is 16.9. The first kappa shape index (κ1) is 20.2. The number of amides is 3. The van der Waals surface area contributed by atoms with E-state index >= 15 is 0 Å².